The molecule has 3 aromatic rings. The number of phenolic OH excluding ortho intramolecular Hbond substituents is 3. The predicted octanol–water partition coefficient (Wildman–Crippen LogP) is 4.38. The van der Waals surface area contributed by atoms with Crippen molar-refractivity contribution in [3.8, 4) is 17.2 Å². The highest BCUT2D eigenvalue weighted by atomic mass is 16.6. The van der Waals surface area contributed by atoms with Gasteiger partial charge in [0.1, 0.15) is 17.2 Å². The highest BCUT2D eigenvalue weighted by Crippen LogP contribution is 2.47. The summed E-state index contributed by atoms with van der Waals surface area (Å²) in [5.74, 6) is 0.338. The molecule has 0 fully saturated rings. The molecule has 0 amide bonds. The average molecular weight is 368 g/mol. The Labute approximate surface area is 156 Å². The maximum Gasteiger partial charge on any atom is 0.503 e. The van der Waals surface area contributed by atoms with Crippen LogP contribution in [0.3, 0.4) is 0 Å². The van der Waals surface area contributed by atoms with Gasteiger partial charge in [0, 0.05) is 16.7 Å². The third-order valence-corrected chi connectivity index (χ3v) is 4.33. The number of carbonyl (C=O) groups is 1. The molecule has 0 unspecified atom stereocenters. The SMILES string of the molecule is CC(c1ccccc1O)(c1ccccc1O)c1ccccc1O.O=C(O)O. The molecule has 140 valence electrons. The molecule has 3 aromatic carbocycles. The minimum Gasteiger partial charge on any atom is -0.508 e. The second-order valence-corrected chi connectivity index (χ2v) is 5.96. The van der Waals surface area contributed by atoms with Crippen LogP contribution in [0.25, 0.3) is 0 Å². The van der Waals surface area contributed by atoms with Gasteiger partial charge in [-0.3, -0.25) is 0 Å². The first-order chi connectivity index (χ1) is 12.8. The molecule has 0 radical (unpaired) electrons. The highest BCUT2D eigenvalue weighted by molar-refractivity contribution is 5.60. The van der Waals surface area contributed by atoms with Crippen molar-refractivity contribution in [3.63, 3.8) is 0 Å². The van der Waals surface area contributed by atoms with E-state index in [4.69, 9.17) is 15.0 Å². The fraction of sp³-hybridized carbons (Fsp3) is 0.0952. The molecule has 0 bridgehead atoms. The Balaban J connectivity index is 0.000000596. The molecule has 0 aliphatic carbocycles. The Morgan fingerprint density at radius 1 is 0.630 bits per heavy atom. The quantitative estimate of drug-likeness (QED) is 0.438. The number of hydrogen-bond donors (Lipinski definition) is 5. The summed E-state index contributed by atoms with van der Waals surface area (Å²) in [6.07, 6.45) is -1.83. The monoisotopic (exact) mass is 368 g/mol. The van der Waals surface area contributed by atoms with Crippen molar-refractivity contribution >= 4 is 6.16 Å². The lowest BCUT2D eigenvalue weighted by molar-refractivity contribution is 0.137. The van der Waals surface area contributed by atoms with E-state index in [1.54, 1.807) is 54.6 Å². The van der Waals surface area contributed by atoms with Crippen LogP contribution < -0.4 is 0 Å². The van der Waals surface area contributed by atoms with Crippen LogP contribution in [0.5, 0.6) is 17.2 Å². The molecular weight excluding hydrogens is 348 g/mol. The van der Waals surface area contributed by atoms with Gasteiger partial charge in [0.2, 0.25) is 0 Å². The Morgan fingerprint density at radius 3 is 1.07 bits per heavy atom. The largest absolute Gasteiger partial charge is 0.508 e. The summed E-state index contributed by atoms with van der Waals surface area (Å²) in [4.78, 5) is 8.56. The van der Waals surface area contributed by atoms with E-state index in [-0.39, 0.29) is 17.2 Å². The van der Waals surface area contributed by atoms with Crippen LogP contribution >= 0.6 is 0 Å². The standard InChI is InChI=1S/C20H18O3.CH2O3/c1-20(14-8-2-5-11-17(14)21,15-9-3-6-12-18(15)22)16-10-4-7-13-19(16)23;2-1(3)4/h2-13,21-23H,1H3;(H2,2,3,4). The summed E-state index contributed by atoms with van der Waals surface area (Å²) in [7, 11) is 0. The molecular formula is C21H20O6. The third kappa shape index (κ3) is 4.12. The summed E-state index contributed by atoms with van der Waals surface area (Å²) >= 11 is 0. The van der Waals surface area contributed by atoms with E-state index in [1.807, 2.05) is 25.1 Å². The van der Waals surface area contributed by atoms with Crippen molar-refractivity contribution in [1.82, 2.24) is 0 Å². The predicted molar refractivity (Wildman–Crippen MR) is 101 cm³/mol. The first kappa shape index (κ1) is 19.7. The second kappa shape index (κ2) is 8.14. The van der Waals surface area contributed by atoms with E-state index in [9.17, 15) is 15.3 Å². The van der Waals surface area contributed by atoms with Gasteiger partial charge in [-0.2, -0.15) is 0 Å². The molecule has 0 spiro atoms. The molecule has 0 heterocycles. The van der Waals surface area contributed by atoms with Crippen LogP contribution in [-0.2, 0) is 5.41 Å². The number of phenols is 3. The van der Waals surface area contributed by atoms with E-state index < -0.39 is 11.6 Å². The lowest BCUT2D eigenvalue weighted by Gasteiger charge is -2.33. The van der Waals surface area contributed by atoms with Gasteiger partial charge in [0.15, 0.2) is 0 Å². The summed E-state index contributed by atoms with van der Waals surface area (Å²) in [6, 6.07) is 20.9. The molecule has 0 aliphatic rings. The van der Waals surface area contributed by atoms with Crippen molar-refractivity contribution in [1.29, 1.82) is 0 Å². The van der Waals surface area contributed by atoms with Crippen LogP contribution in [0.2, 0.25) is 0 Å². The van der Waals surface area contributed by atoms with E-state index in [1.165, 1.54) is 0 Å². The fourth-order valence-electron chi connectivity index (χ4n) is 3.12. The minimum atomic E-state index is -1.83. The van der Waals surface area contributed by atoms with E-state index in [0.717, 1.165) is 0 Å². The summed E-state index contributed by atoms with van der Waals surface area (Å²) in [5.41, 5.74) is 0.941. The van der Waals surface area contributed by atoms with E-state index >= 15 is 0 Å². The van der Waals surface area contributed by atoms with Crippen LogP contribution in [0.15, 0.2) is 72.8 Å². The maximum atomic E-state index is 10.4. The van der Waals surface area contributed by atoms with Crippen LogP contribution in [0.1, 0.15) is 23.6 Å². The van der Waals surface area contributed by atoms with Gasteiger partial charge in [-0.05, 0) is 25.1 Å². The lowest BCUT2D eigenvalue weighted by Crippen LogP contribution is -2.25. The molecule has 0 aliphatic heterocycles. The Bertz CT molecular complexity index is 820. The molecule has 5 N–H and O–H groups in total. The zero-order valence-corrected chi connectivity index (χ0v) is 14.6. The second-order valence-electron chi connectivity index (χ2n) is 5.96. The van der Waals surface area contributed by atoms with Crippen LogP contribution in [0, 0.1) is 0 Å². The van der Waals surface area contributed by atoms with E-state index in [0.29, 0.717) is 16.7 Å². The Hall–Kier alpha value is -3.67. The molecule has 0 aromatic heterocycles. The number of rotatable bonds is 3. The van der Waals surface area contributed by atoms with Crippen molar-refractivity contribution in [2.24, 2.45) is 0 Å². The van der Waals surface area contributed by atoms with Crippen molar-refractivity contribution in [3.05, 3.63) is 89.5 Å². The third-order valence-electron chi connectivity index (χ3n) is 4.33. The van der Waals surface area contributed by atoms with Gasteiger partial charge in [-0.25, -0.2) is 4.79 Å². The van der Waals surface area contributed by atoms with Gasteiger partial charge in [-0.15, -0.1) is 0 Å². The summed E-state index contributed by atoms with van der Waals surface area (Å²) in [6.45, 7) is 1.88. The molecule has 27 heavy (non-hydrogen) atoms. The summed E-state index contributed by atoms with van der Waals surface area (Å²) < 4.78 is 0. The first-order valence-corrected chi connectivity index (χ1v) is 8.05. The molecule has 6 heteroatoms. The topological polar surface area (TPSA) is 118 Å². The summed E-state index contributed by atoms with van der Waals surface area (Å²) in [5, 5.41) is 45.1. The van der Waals surface area contributed by atoms with Crippen molar-refractivity contribution < 1.29 is 30.3 Å². The smallest absolute Gasteiger partial charge is 0.503 e. The molecule has 0 atom stereocenters. The number of para-hydroxylation sites is 3. The molecule has 3 rings (SSSR count). The number of aromatic hydroxyl groups is 3. The van der Waals surface area contributed by atoms with Crippen molar-refractivity contribution in [2.45, 2.75) is 12.3 Å². The van der Waals surface area contributed by atoms with Crippen LogP contribution in [-0.4, -0.2) is 31.7 Å². The Kier molecular flexibility index (Phi) is 5.92. The number of benzene rings is 3. The van der Waals surface area contributed by atoms with Crippen molar-refractivity contribution in [2.75, 3.05) is 0 Å². The zero-order chi connectivity index (χ0) is 20.0. The van der Waals surface area contributed by atoms with E-state index in [2.05, 4.69) is 0 Å². The zero-order valence-electron chi connectivity index (χ0n) is 14.6. The average Bonchev–Trinajstić information content (AvgIpc) is 2.62. The van der Waals surface area contributed by atoms with Crippen LogP contribution in [0.4, 0.5) is 4.79 Å². The number of carboxylic acid groups (broad SMARTS) is 2. The first-order valence-electron chi connectivity index (χ1n) is 8.05. The minimum absolute atomic E-state index is 0.113. The molecule has 0 saturated heterocycles. The Morgan fingerprint density at radius 2 is 0.852 bits per heavy atom. The van der Waals surface area contributed by atoms with Gasteiger partial charge < -0.3 is 25.5 Å². The van der Waals surface area contributed by atoms with Gasteiger partial charge in [0.25, 0.3) is 0 Å². The number of hydrogen-bond acceptors (Lipinski definition) is 4. The highest BCUT2D eigenvalue weighted by Gasteiger charge is 2.37. The normalized spacial score (nSPS) is 10.6. The van der Waals surface area contributed by atoms with Gasteiger partial charge in [0.05, 0.1) is 5.41 Å². The lowest BCUT2D eigenvalue weighted by atomic mass is 9.70. The fourth-order valence-corrected chi connectivity index (χ4v) is 3.12. The maximum absolute atomic E-state index is 10.4. The molecule has 0 saturated carbocycles. The molecule has 6 nitrogen and oxygen atoms in total. The van der Waals surface area contributed by atoms with Gasteiger partial charge in [-0.1, -0.05) is 54.6 Å². The van der Waals surface area contributed by atoms with Gasteiger partial charge >= 0.3 is 6.16 Å².